The Bertz CT molecular complexity index is 199. The molecule has 0 aliphatic heterocycles. The van der Waals surface area contributed by atoms with Gasteiger partial charge >= 0.3 is 0 Å². The van der Waals surface area contributed by atoms with Gasteiger partial charge in [0.25, 0.3) is 0 Å². The molecule has 55 valence electrons. The smallest absolute Gasteiger partial charge is 0.182 e. The number of aromatic nitrogens is 2. The van der Waals surface area contributed by atoms with E-state index in [1.165, 1.54) is 0 Å². The van der Waals surface area contributed by atoms with Gasteiger partial charge in [-0.3, -0.25) is 0 Å². The monoisotopic (exact) mass is 159 g/mol. The van der Waals surface area contributed by atoms with E-state index in [1.807, 2.05) is 0 Å². The molecule has 0 unspecified atom stereocenters. The zero-order valence-corrected chi connectivity index (χ0v) is 6.33. The third-order valence-corrected chi connectivity index (χ3v) is 1.92. The van der Waals surface area contributed by atoms with E-state index in [-0.39, 0.29) is 0 Å². The van der Waals surface area contributed by atoms with Crippen molar-refractivity contribution in [1.29, 1.82) is 0 Å². The standard InChI is InChI=1S/C6H8FN2S/c1-2-3-4-5-6(7)8-9-10-5/h1-4H2. The first kappa shape index (κ1) is 7.60. The highest BCUT2D eigenvalue weighted by molar-refractivity contribution is 7.05. The molecule has 0 atom stereocenters. The van der Waals surface area contributed by atoms with Crippen LogP contribution in [0.4, 0.5) is 4.39 Å². The Balaban J connectivity index is 2.49. The lowest BCUT2D eigenvalue weighted by molar-refractivity contribution is 0.563. The van der Waals surface area contributed by atoms with Crippen LogP contribution in [0.2, 0.25) is 0 Å². The van der Waals surface area contributed by atoms with E-state index in [1.54, 1.807) is 0 Å². The van der Waals surface area contributed by atoms with Crippen LogP contribution in [0.1, 0.15) is 17.7 Å². The van der Waals surface area contributed by atoms with Crippen molar-refractivity contribution in [2.45, 2.75) is 19.3 Å². The van der Waals surface area contributed by atoms with Gasteiger partial charge < -0.3 is 0 Å². The first-order valence-electron chi connectivity index (χ1n) is 3.10. The molecule has 0 N–H and O–H groups in total. The van der Waals surface area contributed by atoms with Crippen molar-refractivity contribution in [3.63, 3.8) is 0 Å². The van der Waals surface area contributed by atoms with E-state index in [0.717, 1.165) is 24.4 Å². The highest BCUT2D eigenvalue weighted by Gasteiger charge is 2.04. The predicted octanol–water partition coefficient (Wildman–Crippen LogP) is 1.83. The molecular formula is C6H8FN2S. The largest absolute Gasteiger partial charge is 0.248 e. The van der Waals surface area contributed by atoms with Gasteiger partial charge in [0, 0.05) is 0 Å². The molecule has 0 amide bonds. The molecule has 0 fully saturated rings. The molecule has 4 heteroatoms. The summed E-state index contributed by atoms with van der Waals surface area (Å²) in [6.07, 6.45) is 2.45. The molecule has 0 aliphatic rings. The maximum Gasteiger partial charge on any atom is 0.248 e. The summed E-state index contributed by atoms with van der Waals surface area (Å²) in [5, 5.41) is 3.25. The molecule has 1 aromatic heterocycles. The van der Waals surface area contributed by atoms with Gasteiger partial charge in [0.1, 0.15) is 0 Å². The molecule has 0 spiro atoms. The number of nitrogens with zero attached hydrogens (tertiary/aromatic N) is 2. The van der Waals surface area contributed by atoms with Gasteiger partial charge in [-0.15, -0.1) is 5.10 Å². The van der Waals surface area contributed by atoms with E-state index in [4.69, 9.17) is 0 Å². The molecule has 1 rings (SSSR count). The Hall–Kier alpha value is -0.510. The summed E-state index contributed by atoms with van der Waals surface area (Å²) in [6, 6.07) is 0. The van der Waals surface area contributed by atoms with Gasteiger partial charge in [-0.05, 0) is 24.4 Å². The van der Waals surface area contributed by atoms with Crippen molar-refractivity contribution in [2.24, 2.45) is 0 Å². The van der Waals surface area contributed by atoms with Crippen molar-refractivity contribution < 1.29 is 4.39 Å². The zero-order chi connectivity index (χ0) is 7.40. The predicted molar refractivity (Wildman–Crippen MR) is 38.2 cm³/mol. The second-order valence-electron chi connectivity index (χ2n) is 1.94. The van der Waals surface area contributed by atoms with Crippen molar-refractivity contribution in [3.05, 3.63) is 17.7 Å². The summed E-state index contributed by atoms with van der Waals surface area (Å²) >= 11 is 1.13. The molecule has 1 radical (unpaired) electrons. The molecule has 0 aromatic carbocycles. The third-order valence-electron chi connectivity index (χ3n) is 1.16. The Kier molecular flexibility index (Phi) is 2.74. The van der Waals surface area contributed by atoms with E-state index in [0.29, 0.717) is 11.3 Å². The Labute approximate surface area is 63.2 Å². The van der Waals surface area contributed by atoms with Crippen molar-refractivity contribution in [3.8, 4) is 0 Å². The number of hydrogen-bond donors (Lipinski definition) is 0. The van der Waals surface area contributed by atoms with Crippen LogP contribution in [0.3, 0.4) is 0 Å². The molecule has 0 bridgehead atoms. The van der Waals surface area contributed by atoms with Crippen LogP contribution in [0, 0.1) is 12.9 Å². The van der Waals surface area contributed by atoms with Crippen molar-refractivity contribution in [2.75, 3.05) is 0 Å². The second-order valence-corrected chi connectivity index (χ2v) is 2.78. The van der Waals surface area contributed by atoms with Crippen LogP contribution in [-0.4, -0.2) is 9.59 Å². The van der Waals surface area contributed by atoms with Gasteiger partial charge in [0.05, 0.1) is 4.88 Å². The summed E-state index contributed by atoms with van der Waals surface area (Å²) in [6.45, 7) is 3.66. The van der Waals surface area contributed by atoms with E-state index in [2.05, 4.69) is 16.5 Å². The first-order chi connectivity index (χ1) is 4.84. The average Bonchev–Trinajstić information content (AvgIpc) is 2.31. The van der Waals surface area contributed by atoms with E-state index < -0.39 is 5.95 Å². The molecule has 1 heterocycles. The van der Waals surface area contributed by atoms with Crippen LogP contribution in [0.15, 0.2) is 0 Å². The molecular weight excluding hydrogens is 151 g/mol. The lowest BCUT2D eigenvalue weighted by Crippen LogP contribution is -1.84. The Morgan fingerprint density at radius 1 is 1.60 bits per heavy atom. The van der Waals surface area contributed by atoms with Crippen molar-refractivity contribution in [1.82, 2.24) is 9.59 Å². The van der Waals surface area contributed by atoms with Gasteiger partial charge in [0.2, 0.25) is 5.95 Å². The normalized spacial score (nSPS) is 10.2. The fourth-order valence-corrected chi connectivity index (χ4v) is 1.20. The van der Waals surface area contributed by atoms with Crippen LogP contribution in [-0.2, 0) is 6.42 Å². The van der Waals surface area contributed by atoms with Crippen LogP contribution in [0.25, 0.3) is 0 Å². The number of aryl methyl sites for hydroxylation is 1. The molecule has 10 heavy (non-hydrogen) atoms. The number of unbranched alkanes of at least 4 members (excludes halogenated alkanes) is 1. The SMILES string of the molecule is [CH2]CCCc1snnc1F. The highest BCUT2D eigenvalue weighted by atomic mass is 32.1. The van der Waals surface area contributed by atoms with Crippen LogP contribution < -0.4 is 0 Å². The topological polar surface area (TPSA) is 25.8 Å². The molecule has 0 saturated carbocycles. The van der Waals surface area contributed by atoms with Gasteiger partial charge in [0.15, 0.2) is 0 Å². The summed E-state index contributed by atoms with van der Waals surface area (Å²) in [4.78, 5) is 0.642. The van der Waals surface area contributed by atoms with Gasteiger partial charge in [-0.25, -0.2) is 0 Å². The van der Waals surface area contributed by atoms with Crippen molar-refractivity contribution >= 4 is 11.5 Å². The fraction of sp³-hybridized carbons (Fsp3) is 0.500. The van der Waals surface area contributed by atoms with Crippen LogP contribution in [0.5, 0.6) is 0 Å². The average molecular weight is 159 g/mol. The first-order valence-corrected chi connectivity index (χ1v) is 3.88. The maximum atomic E-state index is 12.5. The molecule has 0 aliphatic carbocycles. The Morgan fingerprint density at radius 2 is 2.40 bits per heavy atom. The lowest BCUT2D eigenvalue weighted by atomic mass is 10.2. The molecule has 2 nitrogen and oxygen atoms in total. The minimum atomic E-state index is -0.418. The van der Waals surface area contributed by atoms with Gasteiger partial charge in [-0.1, -0.05) is 17.8 Å². The maximum absolute atomic E-state index is 12.5. The quantitative estimate of drug-likeness (QED) is 0.672. The molecule has 1 aromatic rings. The summed E-state index contributed by atoms with van der Waals surface area (Å²) < 4.78 is 16.0. The van der Waals surface area contributed by atoms with Gasteiger partial charge in [-0.2, -0.15) is 4.39 Å². The van der Waals surface area contributed by atoms with Crippen LogP contribution >= 0.6 is 11.5 Å². The zero-order valence-electron chi connectivity index (χ0n) is 5.51. The second kappa shape index (κ2) is 3.61. The lowest BCUT2D eigenvalue weighted by Gasteiger charge is -1.89. The fourth-order valence-electron chi connectivity index (χ4n) is 0.633. The highest BCUT2D eigenvalue weighted by Crippen LogP contribution is 2.11. The van der Waals surface area contributed by atoms with E-state index >= 15 is 0 Å². The minimum Gasteiger partial charge on any atom is -0.182 e. The molecule has 0 saturated heterocycles. The summed E-state index contributed by atoms with van der Waals surface area (Å²) in [5.41, 5.74) is 0. The summed E-state index contributed by atoms with van der Waals surface area (Å²) in [5.74, 6) is -0.418. The minimum absolute atomic E-state index is 0.418. The number of halogens is 1. The van der Waals surface area contributed by atoms with E-state index in [9.17, 15) is 4.39 Å². The third kappa shape index (κ3) is 1.73. The Morgan fingerprint density at radius 3 is 2.90 bits per heavy atom. The number of rotatable bonds is 3. The number of hydrogen-bond acceptors (Lipinski definition) is 3. The summed E-state index contributed by atoms with van der Waals surface area (Å²) in [7, 11) is 0.